The van der Waals surface area contributed by atoms with Crippen molar-refractivity contribution in [3.63, 3.8) is 0 Å². The van der Waals surface area contributed by atoms with E-state index in [9.17, 15) is 0 Å². The summed E-state index contributed by atoms with van der Waals surface area (Å²) in [6.07, 6.45) is 0. The Morgan fingerprint density at radius 2 is 2.14 bits per heavy atom. The molecule has 21 heavy (non-hydrogen) atoms. The molecule has 2 aromatic rings. The first-order chi connectivity index (χ1) is 10.2. The normalized spacial score (nSPS) is 12.4. The van der Waals surface area contributed by atoms with E-state index in [0.29, 0.717) is 0 Å². The molecule has 0 aliphatic rings. The molecule has 1 unspecified atom stereocenters. The number of para-hydroxylation sites is 1. The summed E-state index contributed by atoms with van der Waals surface area (Å²) in [5.41, 5.74) is 2.26. The Hall–Kier alpha value is -1.46. The van der Waals surface area contributed by atoms with Gasteiger partial charge in [0, 0.05) is 24.4 Å². The largest absolute Gasteiger partial charge is 0.496 e. The van der Waals surface area contributed by atoms with E-state index < -0.39 is 0 Å². The van der Waals surface area contributed by atoms with Crippen LogP contribution < -0.4 is 10.1 Å². The molecule has 1 atom stereocenters. The van der Waals surface area contributed by atoms with Crippen molar-refractivity contribution >= 4 is 11.8 Å². The summed E-state index contributed by atoms with van der Waals surface area (Å²) >= 11 is 1.81. The molecule has 2 rings (SSSR count). The topological polar surface area (TPSA) is 39.1 Å². The molecular weight excluding hydrogens is 282 g/mol. The summed E-state index contributed by atoms with van der Waals surface area (Å²) in [6, 6.07) is 10.6. The Bertz CT molecular complexity index is 583. The quantitative estimate of drug-likeness (QED) is 0.798. The van der Waals surface area contributed by atoms with Crippen LogP contribution in [0.3, 0.4) is 0 Å². The maximum Gasteiger partial charge on any atom is 0.123 e. The van der Waals surface area contributed by atoms with Crippen molar-refractivity contribution in [2.75, 3.05) is 19.4 Å². The highest BCUT2D eigenvalue weighted by molar-refractivity contribution is 7.99. The van der Waals surface area contributed by atoms with E-state index in [0.717, 1.165) is 23.7 Å². The Kier molecular flexibility index (Phi) is 5.70. The van der Waals surface area contributed by atoms with Crippen molar-refractivity contribution in [2.45, 2.75) is 24.9 Å². The highest BCUT2D eigenvalue weighted by Gasteiger charge is 2.16. The molecule has 0 fully saturated rings. The van der Waals surface area contributed by atoms with Gasteiger partial charge in [0.05, 0.1) is 17.8 Å². The van der Waals surface area contributed by atoms with Crippen LogP contribution in [-0.4, -0.2) is 29.2 Å². The lowest BCUT2D eigenvalue weighted by Gasteiger charge is -2.20. The van der Waals surface area contributed by atoms with Crippen LogP contribution in [0.5, 0.6) is 5.75 Å². The number of benzene rings is 1. The molecule has 1 N–H and O–H groups in total. The van der Waals surface area contributed by atoms with Gasteiger partial charge in [-0.2, -0.15) is 5.10 Å². The first-order valence-electron chi connectivity index (χ1n) is 7.15. The molecule has 0 aliphatic heterocycles. The molecule has 0 saturated carbocycles. The molecule has 1 aromatic carbocycles. The van der Waals surface area contributed by atoms with Gasteiger partial charge in [-0.1, -0.05) is 25.1 Å². The van der Waals surface area contributed by atoms with Gasteiger partial charge in [-0.3, -0.25) is 4.68 Å². The van der Waals surface area contributed by atoms with Crippen LogP contribution in [0.15, 0.2) is 35.4 Å². The number of nitrogens with zero attached hydrogens (tertiary/aromatic N) is 2. The van der Waals surface area contributed by atoms with Crippen molar-refractivity contribution in [1.82, 2.24) is 15.1 Å². The molecule has 1 aromatic heterocycles. The average molecular weight is 305 g/mol. The second-order valence-electron chi connectivity index (χ2n) is 4.91. The Morgan fingerprint density at radius 1 is 1.38 bits per heavy atom. The number of ether oxygens (including phenoxy) is 1. The van der Waals surface area contributed by atoms with Crippen molar-refractivity contribution in [3.8, 4) is 5.75 Å². The Morgan fingerprint density at radius 3 is 2.76 bits per heavy atom. The van der Waals surface area contributed by atoms with Crippen LogP contribution >= 0.6 is 11.8 Å². The van der Waals surface area contributed by atoms with Gasteiger partial charge in [-0.05, 0) is 25.6 Å². The summed E-state index contributed by atoms with van der Waals surface area (Å²) in [7, 11) is 3.71. The molecule has 0 saturated heterocycles. The third-order valence-electron chi connectivity index (χ3n) is 3.32. The fourth-order valence-corrected chi connectivity index (χ4v) is 3.47. The number of methoxy groups -OCH3 is 1. The van der Waals surface area contributed by atoms with Gasteiger partial charge in [0.15, 0.2) is 0 Å². The fraction of sp³-hybridized carbons (Fsp3) is 0.438. The zero-order valence-corrected chi connectivity index (χ0v) is 13.9. The van der Waals surface area contributed by atoms with Gasteiger partial charge in [0.2, 0.25) is 0 Å². The Labute approximate surface area is 130 Å². The minimum atomic E-state index is 0.256. The second-order valence-corrected chi connectivity index (χ2v) is 5.95. The summed E-state index contributed by atoms with van der Waals surface area (Å²) < 4.78 is 7.42. The van der Waals surface area contributed by atoms with Gasteiger partial charge in [0.25, 0.3) is 0 Å². The number of thioether (sulfide) groups is 1. The van der Waals surface area contributed by atoms with Gasteiger partial charge in [-0.25, -0.2) is 0 Å². The SMILES string of the molecule is CCNC(CSc1cc(C)nn1C)c1ccccc1OC. The first kappa shape index (κ1) is 15.9. The van der Waals surface area contributed by atoms with Gasteiger partial charge in [0.1, 0.15) is 5.75 Å². The highest BCUT2D eigenvalue weighted by Crippen LogP contribution is 2.30. The average Bonchev–Trinajstić information content (AvgIpc) is 2.81. The molecule has 0 amide bonds. The zero-order chi connectivity index (χ0) is 15.2. The number of hydrogen-bond acceptors (Lipinski definition) is 4. The predicted octanol–water partition coefficient (Wildman–Crippen LogP) is 3.18. The van der Waals surface area contributed by atoms with E-state index in [1.165, 1.54) is 10.6 Å². The van der Waals surface area contributed by atoms with Crippen LogP contribution in [0.2, 0.25) is 0 Å². The lowest BCUT2D eigenvalue weighted by Crippen LogP contribution is -2.23. The summed E-state index contributed by atoms with van der Waals surface area (Å²) in [6.45, 7) is 5.07. The van der Waals surface area contributed by atoms with E-state index in [1.54, 1.807) is 7.11 Å². The van der Waals surface area contributed by atoms with E-state index in [-0.39, 0.29) is 6.04 Å². The summed E-state index contributed by atoms with van der Waals surface area (Å²) in [5, 5.41) is 9.12. The van der Waals surface area contributed by atoms with E-state index in [2.05, 4.69) is 35.5 Å². The molecule has 0 aliphatic carbocycles. The number of nitrogens with one attached hydrogen (secondary N) is 1. The van der Waals surface area contributed by atoms with E-state index >= 15 is 0 Å². The predicted molar refractivity (Wildman–Crippen MR) is 88.1 cm³/mol. The maximum atomic E-state index is 5.49. The smallest absolute Gasteiger partial charge is 0.123 e. The third kappa shape index (κ3) is 4.02. The molecule has 114 valence electrons. The van der Waals surface area contributed by atoms with Crippen LogP contribution in [0.4, 0.5) is 0 Å². The van der Waals surface area contributed by atoms with Crippen LogP contribution in [0.1, 0.15) is 24.2 Å². The minimum absolute atomic E-state index is 0.256. The molecule has 4 nitrogen and oxygen atoms in total. The van der Waals surface area contributed by atoms with Crippen molar-refractivity contribution < 1.29 is 4.74 Å². The van der Waals surface area contributed by atoms with Gasteiger partial charge >= 0.3 is 0 Å². The maximum absolute atomic E-state index is 5.49. The molecule has 0 radical (unpaired) electrons. The lowest BCUT2D eigenvalue weighted by molar-refractivity contribution is 0.403. The lowest BCUT2D eigenvalue weighted by atomic mass is 10.1. The van der Waals surface area contributed by atoms with Crippen molar-refractivity contribution in [2.24, 2.45) is 7.05 Å². The second kappa shape index (κ2) is 7.52. The minimum Gasteiger partial charge on any atom is -0.496 e. The first-order valence-corrected chi connectivity index (χ1v) is 8.14. The number of aromatic nitrogens is 2. The summed E-state index contributed by atoms with van der Waals surface area (Å²) in [5.74, 6) is 1.87. The van der Waals surface area contributed by atoms with Crippen molar-refractivity contribution in [1.29, 1.82) is 0 Å². The van der Waals surface area contributed by atoms with Gasteiger partial charge < -0.3 is 10.1 Å². The molecule has 1 heterocycles. The number of aryl methyl sites for hydroxylation is 2. The standard InChI is InChI=1S/C16H23N3OS/c1-5-17-14(13-8-6-7-9-15(13)20-4)11-21-16-10-12(2)18-19(16)3/h6-10,14,17H,5,11H2,1-4H3. The van der Waals surface area contributed by atoms with E-state index in [1.807, 2.05) is 42.5 Å². The molecule has 0 bridgehead atoms. The molecular formula is C16H23N3OS. The van der Waals surface area contributed by atoms with Gasteiger partial charge in [-0.15, -0.1) is 11.8 Å². The number of hydrogen-bond donors (Lipinski definition) is 1. The molecule has 0 spiro atoms. The fourth-order valence-electron chi connectivity index (χ4n) is 2.35. The zero-order valence-electron chi connectivity index (χ0n) is 13.1. The van der Waals surface area contributed by atoms with Crippen LogP contribution in [0.25, 0.3) is 0 Å². The third-order valence-corrected chi connectivity index (χ3v) is 4.50. The van der Waals surface area contributed by atoms with Crippen LogP contribution in [-0.2, 0) is 7.05 Å². The highest BCUT2D eigenvalue weighted by atomic mass is 32.2. The van der Waals surface area contributed by atoms with Crippen LogP contribution in [0, 0.1) is 6.92 Å². The Balaban J connectivity index is 2.13. The number of rotatable bonds is 7. The van der Waals surface area contributed by atoms with Crippen molar-refractivity contribution in [3.05, 3.63) is 41.6 Å². The summed E-state index contributed by atoms with van der Waals surface area (Å²) in [4.78, 5) is 0. The molecule has 5 heteroatoms. The monoisotopic (exact) mass is 305 g/mol. The van der Waals surface area contributed by atoms with E-state index in [4.69, 9.17) is 4.74 Å².